The molecule has 0 spiro atoms. The first-order chi connectivity index (χ1) is 27.3. The summed E-state index contributed by atoms with van der Waals surface area (Å²) in [5, 5.41) is 5.08. The zero-order valence-electron chi connectivity index (χ0n) is 29.9. The van der Waals surface area contributed by atoms with Gasteiger partial charge in [-0.15, -0.1) is 11.3 Å². The van der Waals surface area contributed by atoms with E-state index in [0.717, 1.165) is 34.1 Å². The molecule has 10 aromatic rings. The molecular weight excluding hydrogens is 685 g/mol. The first-order valence-corrected chi connectivity index (χ1v) is 19.6. The third-order valence-electron chi connectivity index (χ3n) is 11.0. The van der Waals surface area contributed by atoms with Gasteiger partial charge in [0.15, 0.2) is 0 Å². The third-order valence-corrected chi connectivity index (χ3v) is 12.2. The zero-order valence-corrected chi connectivity index (χ0v) is 30.7. The molecule has 0 fully saturated rings. The summed E-state index contributed by atoms with van der Waals surface area (Å²) in [6.07, 6.45) is 0. The van der Waals surface area contributed by atoms with Gasteiger partial charge in [0.25, 0.3) is 0 Å². The van der Waals surface area contributed by atoms with Crippen molar-refractivity contribution in [1.29, 1.82) is 0 Å². The number of hydrogen-bond donors (Lipinski definition) is 0. The molecule has 9 aromatic carbocycles. The summed E-state index contributed by atoms with van der Waals surface area (Å²) in [4.78, 5) is 4.93. The maximum atomic E-state index is 2.49. The van der Waals surface area contributed by atoms with Crippen LogP contribution in [-0.4, -0.2) is 0 Å². The Morgan fingerprint density at radius 1 is 0.291 bits per heavy atom. The van der Waals surface area contributed by atoms with Gasteiger partial charge in [-0.25, -0.2) is 0 Å². The lowest BCUT2D eigenvalue weighted by Gasteiger charge is -2.41. The molecule has 1 aliphatic rings. The van der Waals surface area contributed by atoms with E-state index in [1.165, 1.54) is 64.3 Å². The van der Waals surface area contributed by atoms with Crippen molar-refractivity contribution in [3.8, 4) is 33.4 Å². The van der Waals surface area contributed by atoms with Gasteiger partial charge in [0.05, 0.1) is 28.4 Å². The van der Waals surface area contributed by atoms with Crippen LogP contribution in [0.4, 0.5) is 34.1 Å². The van der Waals surface area contributed by atoms with Crippen molar-refractivity contribution in [3.05, 3.63) is 206 Å². The van der Waals surface area contributed by atoms with Crippen LogP contribution in [0.25, 0.3) is 64.3 Å². The van der Waals surface area contributed by atoms with Crippen molar-refractivity contribution >= 4 is 76.4 Å². The van der Waals surface area contributed by atoms with E-state index in [-0.39, 0.29) is 0 Å². The summed E-state index contributed by atoms with van der Waals surface area (Å²) < 4.78 is 2.65. The molecule has 2 heterocycles. The molecule has 0 N–H and O–H groups in total. The van der Waals surface area contributed by atoms with E-state index >= 15 is 0 Å². The summed E-state index contributed by atoms with van der Waals surface area (Å²) in [6, 6.07) is 75.2. The van der Waals surface area contributed by atoms with E-state index in [0.29, 0.717) is 0 Å². The molecule has 2 nitrogen and oxygen atoms in total. The van der Waals surface area contributed by atoms with Crippen LogP contribution in [0.15, 0.2) is 206 Å². The fraction of sp³-hybridized carbons (Fsp3) is 0. The molecule has 3 heteroatoms. The average molecular weight is 719 g/mol. The summed E-state index contributed by atoms with van der Waals surface area (Å²) in [5.74, 6) is 0. The van der Waals surface area contributed by atoms with Gasteiger partial charge in [-0.2, -0.15) is 0 Å². The van der Waals surface area contributed by atoms with Gasteiger partial charge in [-0.1, -0.05) is 158 Å². The molecule has 0 saturated carbocycles. The highest BCUT2D eigenvalue weighted by atomic mass is 32.1. The SMILES string of the molecule is c1ccc(-c2ccc3c(c2)N(c2ccccc2)c2cc(-c4ccccc4)ccc2N3c2ccc(-c3cccc4c3sc3ccccc34)c3ccccc23)cc1. The second kappa shape index (κ2) is 12.9. The predicted molar refractivity (Wildman–Crippen MR) is 236 cm³/mol. The molecule has 1 aromatic heterocycles. The fourth-order valence-corrected chi connectivity index (χ4v) is 9.68. The van der Waals surface area contributed by atoms with Crippen LogP contribution in [0, 0.1) is 0 Å². The van der Waals surface area contributed by atoms with E-state index in [1.54, 1.807) is 0 Å². The van der Waals surface area contributed by atoms with Gasteiger partial charge in [0.1, 0.15) is 0 Å². The quantitative estimate of drug-likeness (QED) is 0.175. The average Bonchev–Trinajstić information content (AvgIpc) is 3.65. The molecular formula is C52H34N2S. The van der Waals surface area contributed by atoms with Crippen molar-refractivity contribution in [3.63, 3.8) is 0 Å². The van der Waals surface area contributed by atoms with E-state index < -0.39 is 0 Å². The molecule has 258 valence electrons. The maximum Gasteiger partial charge on any atom is 0.0709 e. The highest BCUT2D eigenvalue weighted by Gasteiger charge is 2.32. The van der Waals surface area contributed by atoms with E-state index in [9.17, 15) is 0 Å². The second-order valence-electron chi connectivity index (χ2n) is 14.1. The van der Waals surface area contributed by atoms with Crippen LogP contribution in [0.5, 0.6) is 0 Å². The number of fused-ring (bicyclic) bond motifs is 6. The van der Waals surface area contributed by atoms with Crippen LogP contribution in [0.3, 0.4) is 0 Å². The molecule has 0 unspecified atom stereocenters. The number of rotatable bonds is 5. The van der Waals surface area contributed by atoms with Crippen LogP contribution < -0.4 is 9.80 Å². The molecule has 0 radical (unpaired) electrons. The van der Waals surface area contributed by atoms with Gasteiger partial charge in [0, 0.05) is 36.8 Å². The lowest BCUT2D eigenvalue weighted by Crippen LogP contribution is -2.24. The van der Waals surface area contributed by atoms with E-state index in [2.05, 4.69) is 216 Å². The standard InChI is InChI=1S/C52H34N2S/c1-4-15-35(16-5-1)37-27-30-47-49(33-37)53(39-19-8-3-9-20-39)50-34-38(36-17-6-2-7-18-36)28-31-48(50)54(47)46-32-29-41(40-21-10-11-22-42(40)46)44-24-14-25-45-43-23-12-13-26-51(43)55-52(44)45/h1-34H. The van der Waals surface area contributed by atoms with Crippen molar-refractivity contribution in [1.82, 2.24) is 0 Å². The lowest BCUT2D eigenvalue weighted by molar-refractivity contribution is 1.18. The van der Waals surface area contributed by atoms with Gasteiger partial charge in [-0.3, -0.25) is 0 Å². The molecule has 11 rings (SSSR count). The van der Waals surface area contributed by atoms with E-state index in [4.69, 9.17) is 0 Å². The number of nitrogens with zero attached hydrogens (tertiary/aromatic N) is 2. The normalized spacial score (nSPS) is 12.3. The van der Waals surface area contributed by atoms with Gasteiger partial charge < -0.3 is 9.80 Å². The number of benzene rings is 9. The molecule has 1 aliphatic heterocycles. The Balaban J connectivity index is 1.18. The Bertz CT molecular complexity index is 2950. The molecule has 0 amide bonds. The second-order valence-corrected chi connectivity index (χ2v) is 15.2. The molecule has 0 aliphatic carbocycles. The summed E-state index contributed by atoms with van der Waals surface area (Å²) in [6.45, 7) is 0. The first kappa shape index (κ1) is 31.6. The molecule has 0 bridgehead atoms. The predicted octanol–water partition coefficient (Wildman–Crippen LogP) is 15.5. The minimum absolute atomic E-state index is 1.12. The van der Waals surface area contributed by atoms with Crippen molar-refractivity contribution in [2.24, 2.45) is 0 Å². The Labute approximate surface area is 324 Å². The summed E-state index contributed by atoms with van der Waals surface area (Å²) in [7, 11) is 0. The summed E-state index contributed by atoms with van der Waals surface area (Å²) in [5.41, 5.74) is 14.1. The summed E-state index contributed by atoms with van der Waals surface area (Å²) >= 11 is 1.89. The van der Waals surface area contributed by atoms with Crippen molar-refractivity contribution < 1.29 is 0 Å². The first-order valence-electron chi connectivity index (χ1n) is 18.8. The number of para-hydroxylation sites is 1. The smallest absolute Gasteiger partial charge is 0.0709 e. The van der Waals surface area contributed by atoms with E-state index in [1.807, 2.05) is 11.3 Å². The highest BCUT2D eigenvalue weighted by Crippen LogP contribution is 2.57. The molecule has 55 heavy (non-hydrogen) atoms. The van der Waals surface area contributed by atoms with Gasteiger partial charge >= 0.3 is 0 Å². The van der Waals surface area contributed by atoms with Crippen LogP contribution in [0.2, 0.25) is 0 Å². The number of thiophene rings is 1. The molecule has 0 atom stereocenters. The largest absolute Gasteiger partial charge is 0.306 e. The van der Waals surface area contributed by atoms with Gasteiger partial charge in [0.2, 0.25) is 0 Å². The van der Waals surface area contributed by atoms with Crippen LogP contribution in [-0.2, 0) is 0 Å². The number of anilines is 6. The Morgan fingerprint density at radius 2 is 0.818 bits per heavy atom. The minimum Gasteiger partial charge on any atom is -0.306 e. The Morgan fingerprint density at radius 3 is 1.47 bits per heavy atom. The topological polar surface area (TPSA) is 6.48 Å². The van der Waals surface area contributed by atoms with Crippen LogP contribution in [0.1, 0.15) is 0 Å². The lowest BCUT2D eigenvalue weighted by atomic mass is 9.93. The van der Waals surface area contributed by atoms with Crippen molar-refractivity contribution in [2.45, 2.75) is 0 Å². The minimum atomic E-state index is 1.12. The number of hydrogen-bond acceptors (Lipinski definition) is 3. The Hall–Kier alpha value is -6.94. The van der Waals surface area contributed by atoms with Crippen LogP contribution >= 0.6 is 11.3 Å². The van der Waals surface area contributed by atoms with Crippen molar-refractivity contribution in [2.75, 3.05) is 9.80 Å². The maximum absolute atomic E-state index is 2.49. The monoisotopic (exact) mass is 718 g/mol. The molecule has 0 saturated heterocycles. The Kier molecular flexibility index (Phi) is 7.39. The fourth-order valence-electron chi connectivity index (χ4n) is 8.45. The van der Waals surface area contributed by atoms with Gasteiger partial charge in [-0.05, 0) is 81.7 Å². The highest BCUT2D eigenvalue weighted by molar-refractivity contribution is 7.26. The zero-order chi connectivity index (χ0) is 36.3. The third kappa shape index (κ3) is 5.16.